The molecule has 0 aliphatic carbocycles. The number of guanidine groups is 1. The first-order valence-corrected chi connectivity index (χ1v) is 5.39. The fourth-order valence-corrected chi connectivity index (χ4v) is 0.428. The van der Waals surface area contributed by atoms with Crippen LogP contribution in [0.1, 0.15) is 0 Å². The summed E-state index contributed by atoms with van der Waals surface area (Å²) in [5.41, 5.74) is 9.17. The number of alkyl halides is 3. The highest BCUT2D eigenvalue weighted by Gasteiger charge is 1.79. The molecule has 0 radical (unpaired) electrons. The number of carbonyl (C=O) groups excluding carboxylic acids is 1. The van der Waals surface area contributed by atoms with Crippen LogP contribution in [-0.4, -0.2) is 21.4 Å². The molecule has 0 fully saturated rings. The number of nitrogens with two attached hydrogens (primary N) is 3. The van der Waals surface area contributed by atoms with Crippen molar-refractivity contribution in [1.29, 1.82) is 0 Å². The molecule has 102 valence electrons. The van der Waals surface area contributed by atoms with Gasteiger partial charge in [0.2, 0.25) is 0 Å². The Morgan fingerprint density at radius 2 is 1.50 bits per heavy atom. The third kappa shape index (κ3) is 62.3. The number of hydrogen-bond acceptors (Lipinski definition) is 2. The average Bonchev–Trinajstić information content (AvgIpc) is 2.18. The number of aromatic hydroxyl groups is 1. The monoisotopic (exact) mass is 314 g/mol. The van der Waals surface area contributed by atoms with Gasteiger partial charge in [-0.2, -0.15) is 0 Å². The van der Waals surface area contributed by atoms with E-state index in [2.05, 4.69) is 16.9 Å². The second-order valence-corrected chi connectivity index (χ2v) is 4.15. The van der Waals surface area contributed by atoms with Crippen LogP contribution in [0.3, 0.4) is 0 Å². The lowest BCUT2D eigenvalue weighted by molar-refractivity contribution is -0.116. The summed E-state index contributed by atoms with van der Waals surface area (Å²) in [5.74, 6) is 0.238. The first-order valence-electron chi connectivity index (χ1n) is 4.08. The molecule has 1 rings (SSSR count). The second-order valence-electron chi connectivity index (χ2n) is 2.17. The van der Waals surface area contributed by atoms with Crippen molar-refractivity contribution >= 4 is 46.8 Å². The molecule has 6 nitrogen and oxygen atoms in total. The van der Waals surface area contributed by atoms with Crippen LogP contribution in [0.15, 0.2) is 30.3 Å². The molecular weight excluding hydrogens is 302 g/mol. The number of nitrogens with zero attached hydrogens (tertiary/aromatic N) is 1. The zero-order valence-electron chi connectivity index (χ0n) is 9.13. The number of hydrogen-bond donors (Lipinski definition) is 4. The van der Waals surface area contributed by atoms with E-state index in [4.69, 9.17) is 50.1 Å². The van der Waals surface area contributed by atoms with Crippen molar-refractivity contribution in [2.45, 2.75) is 4.30 Å². The minimum Gasteiger partial charge on any atom is -0.724 e. The van der Waals surface area contributed by atoms with E-state index < -0.39 is 4.30 Å². The van der Waals surface area contributed by atoms with Crippen molar-refractivity contribution in [3.05, 3.63) is 35.7 Å². The summed E-state index contributed by atoms with van der Waals surface area (Å²) in [6, 6.07) is 8.71. The average molecular weight is 316 g/mol. The minimum atomic E-state index is -0.750. The molecule has 1 aromatic carbocycles. The molecule has 1 aromatic rings. The maximum atomic E-state index is 8.63. The summed E-state index contributed by atoms with van der Waals surface area (Å²) in [4.78, 5) is 8.24. The highest BCUT2D eigenvalue weighted by atomic mass is 35.6. The summed E-state index contributed by atoms with van der Waals surface area (Å²) >= 11 is 14.4. The van der Waals surface area contributed by atoms with Crippen LogP contribution in [-0.2, 0) is 4.79 Å². The number of rotatable bonds is 0. The van der Waals surface area contributed by atoms with Crippen molar-refractivity contribution in [2.24, 2.45) is 11.5 Å². The molecule has 0 aliphatic heterocycles. The largest absolute Gasteiger partial charge is 0.724 e. The molecule has 0 unspecified atom stereocenters. The maximum Gasteiger partial charge on any atom is 0.336 e. The van der Waals surface area contributed by atoms with Gasteiger partial charge in [-0.15, -0.1) is 0 Å². The van der Waals surface area contributed by atoms with Gasteiger partial charge in [-0.05, 0) is 18.2 Å². The van der Waals surface area contributed by atoms with Crippen LogP contribution in [0.2, 0.25) is 0 Å². The van der Waals surface area contributed by atoms with E-state index in [1.165, 1.54) is 0 Å². The molecule has 0 bridgehead atoms. The molecular formula is C9H13Cl3N4O2. The Kier molecular flexibility index (Phi) is 21.7. The van der Waals surface area contributed by atoms with E-state index in [-0.39, 0.29) is 5.96 Å². The van der Waals surface area contributed by atoms with Gasteiger partial charge in [0.25, 0.3) is 0 Å². The zero-order chi connectivity index (χ0) is 15.0. The molecule has 18 heavy (non-hydrogen) atoms. The van der Waals surface area contributed by atoms with Gasteiger partial charge in [-0.1, -0.05) is 53.0 Å². The van der Waals surface area contributed by atoms with Gasteiger partial charge in [0.1, 0.15) is 5.75 Å². The van der Waals surface area contributed by atoms with Gasteiger partial charge in [0.05, 0.1) is 0 Å². The van der Waals surface area contributed by atoms with Crippen LogP contribution >= 0.6 is 34.8 Å². The van der Waals surface area contributed by atoms with Crippen molar-refractivity contribution in [3.63, 3.8) is 0 Å². The number of phenols is 1. The summed E-state index contributed by atoms with van der Waals surface area (Å²) in [6.45, 7) is 0. The topological polar surface area (TPSA) is 137 Å². The fraction of sp³-hybridized carbons (Fsp3) is 0.111. The van der Waals surface area contributed by atoms with E-state index in [9.17, 15) is 0 Å². The fourth-order valence-electron chi connectivity index (χ4n) is 0.428. The number of phenolic OH excluding ortho intramolecular Hbond substituents is 1. The SMILES string of the molecule is ClC(Cl)Cl.NC(N)=[NH2+].Oc1ccccc1.[N-]=C=O. The van der Waals surface area contributed by atoms with E-state index in [0.717, 1.165) is 0 Å². The lowest BCUT2D eigenvalue weighted by Crippen LogP contribution is -2.51. The normalized spacial score (nSPS) is 7.11. The van der Waals surface area contributed by atoms with Gasteiger partial charge < -0.3 is 10.5 Å². The molecule has 0 spiro atoms. The first kappa shape index (κ1) is 21.8. The van der Waals surface area contributed by atoms with Crippen LogP contribution in [0.25, 0.3) is 5.41 Å². The van der Waals surface area contributed by atoms with Gasteiger partial charge in [-0.3, -0.25) is 21.7 Å². The van der Waals surface area contributed by atoms with Crippen molar-refractivity contribution in [2.75, 3.05) is 0 Å². The Hall–Kier alpha value is -1.46. The minimum absolute atomic E-state index is 0.0833. The second kappa shape index (κ2) is 17.9. The number of halogens is 3. The number of isocyanates is 1. The van der Waals surface area contributed by atoms with Gasteiger partial charge in [-0.25, -0.2) is 0 Å². The van der Waals surface area contributed by atoms with Crippen LogP contribution in [0.5, 0.6) is 5.75 Å². The molecule has 0 heterocycles. The number of benzene rings is 1. The van der Waals surface area contributed by atoms with Crippen molar-refractivity contribution in [1.82, 2.24) is 0 Å². The summed E-state index contributed by atoms with van der Waals surface area (Å²) in [6.07, 6.45) is 0.500. The molecule has 0 amide bonds. The van der Waals surface area contributed by atoms with E-state index >= 15 is 0 Å². The van der Waals surface area contributed by atoms with E-state index in [1.54, 1.807) is 24.3 Å². The van der Waals surface area contributed by atoms with Gasteiger partial charge >= 0.3 is 5.96 Å². The van der Waals surface area contributed by atoms with Crippen LogP contribution < -0.4 is 16.9 Å². The van der Waals surface area contributed by atoms with Crippen LogP contribution in [0.4, 0.5) is 0 Å². The first-order chi connectivity index (χ1) is 8.27. The molecule has 0 aromatic heterocycles. The highest BCUT2D eigenvalue weighted by molar-refractivity contribution is 6.63. The standard InChI is InChI=1S/C6H6O.CHCl3.CH5N3.CNO/c7-6-4-2-1-3-5-6;2*2-1(3)4;2-1-3/h1-5,7H;1H;(H5,2,3,4);/q;;;-1/p+1. The smallest absolute Gasteiger partial charge is 0.336 e. The summed E-state index contributed by atoms with van der Waals surface area (Å²) < 4.78 is -0.750. The lowest BCUT2D eigenvalue weighted by Gasteiger charge is -1.82. The zero-order valence-corrected chi connectivity index (χ0v) is 11.4. The predicted molar refractivity (Wildman–Crippen MR) is 73.8 cm³/mol. The third-order valence-electron chi connectivity index (χ3n) is 0.756. The third-order valence-corrected chi connectivity index (χ3v) is 0.756. The Bertz CT molecular complexity index is 323. The summed E-state index contributed by atoms with van der Waals surface area (Å²) in [5, 5.41) is 20.0. The lowest BCUT2D eigenvalue weighted by atomic mass is 10.3. The van der Waals surface area contributed by atoms with E-state index in [1.807, 2.05) is 6.07 Å². The molecule has 0 saturated carbocycles. The van der Waals surface area contributed by atoms with E-state index in [0.29, 0.717) is 11.8 Å². The van der Waals surface area contributed by atoms with Gasteiger partial charge in [0, 0.05) is 0 Å². The number of para-hydroxylation sites is 1. The Morgan fingerprint density at radius 1 is 1.28 bits per heavy atom. The highest BCUT2D eigenvalue weighted by Crippen LogP contribution is 2.03. The maximum absolute atomic E-state index is 8.63. The Morgan fingerprint density at radius 3 is 1.61 bits per heavy atom. The van der Waals surface area contributed by atoms with Crippen LogP contribution in [0, 0.1) is 0 Å². The Balaban J connectivity index is -0.000000180. The molecule has 0 aliphatic rings. The molecule has 9 heteroatoms. The van der Waals surface area contributed by atoms with Crippen molar-refractivity contribution in [3.8, 4) is 5.75 Å². The molecule has 7 N–H and O–H groups in total. The predicted octanol–water partition coefficient (Wildman–Crippen LogP) is 0.289. The van der Waals surface area contributed by atoms with Crippen molar-refractivity contribution < 1.29 is 15.3 Å². The summed E-state index contributed by atoms with van der Waals surface area (Å²) in [7, 11) is 0. The molecule has 0 saturated heterocycles. The Labute approximate surface area is 119 Å². The molecule has 0 atom stereocenters. The van der Waals surface area contributed by atoms with Gasteiger partial charge in [0.15, 0.2) is 4.30 Å². The quantitative estimate of drug-likeness (QED) is 0.236.